The van der Waals surface area contributed by atoms with E-state index in [0.717, 1.165) is 5.57 Å². The SMILES string of the molecule is C=C(/C=C/CCOC(C)=O)CCC(C)=O. The lowest BCUT2D eigenvalue weighted by Gasteiger charge is -1.98. The molecule has 3 nitrogen and oxygen atoms in total. The van der Waals surface area contributed by atoms with Crippen LogP contribution in [-0.2, 0) is 14.3 Å². The molecule has 0 spiro atoms. The minimum absolute atomic E-state index is 0.171. The Kier molecular flexibility index (Phi) is 7.24. The number of ketones is 1. The molecule has 84 valence electrons. The lowest BCUT2D eigenvalue weighted by atomic mass is 10.1. The number of carbonyl (C=O) groups excluding carboxylic acids is 2. The average Bonchev–Trinajstić information content (AvgIpc) is 2.13. The summed E-state index contributed by atoms with van der Waals surface area (Å²) in [5.74, 6) is -0.0942. The van der Waals surface area contributed by atoms with Gasteiger partial charge < -0.3 is 9.53 Å². The van der Waals surface area contributed by atoms with Crippen LogP contribution in [0.25, 0.3) is 0 Å². The van der Waals surface area contributed by atoms with Gasteiger partial charge >= 0.3 is 5.97 Å². The van der Waals surface area contributed by atoms with Crippen LogP contribution >= 0.6 is 0 Å². The van der Waals surface area contributed by atoms with Crippen molar-refractivity contribution in [3.8, 4) is 0 Å². The molecule has 0 aromatic rings. The molecule has 0 atom stereocenters. The zero-order chi connectivity index (χ0) is 11.7. The summed E-state index contributed by atoms with van der Waals surface area (Å²) in [7, 11) is 0. The highest BCUT2D eigenvalue weighted by Crippen LogP contribution is 2.04. The largest absolute Gasteiger partial charge is 0.466 e. The van der Waals surface area contributed by atoms with Gasteiger partial charge in [0.05, 0.1) is 6.61 Å². The number of allylic oxidation sites excluding steroid dienone is 2. The van der Waals surface area contributed by atoms with Gasteiger partial charge in [0.15, 0.2) is 0 Å². The molecule has 0 N–H and O–H groups in total. The quantitative estimate of drug-likeness (QED) is 0.368. The van der Waals surface area contributed by atoms with Crippen molar-refractivity contribution in [2.75, 3.05) is 6.61 Å². The van der Waals surface area contributed by atoms with Crippen LogP contribution in [0.1, 0.15) is 33.1 Å². The first-order chi connectivity index (χ1) is 7.02. The number of rotatable bonds is 7. The van der Waals surface area contributed by atoms with E-state index < -0.39 is 0 Å². The van der Waals surface area contributed by atoms with Crippen molar-refractivity contribution < 1.29 is 14.3 Å². The van der Waals surface area contributed by atoms with E-state index in [1.54, 1.807) is 6.92 Å². The fraction of sp³-hybridized carbons (Fsp3) is 0.500. The molecule has 0 aliphatic rings. The van der Waals surface area contributed by atoms with Crippen LogP contribution < -0.4 is 0 Å². The average molecular weight is 210 g/mol. The Morgan fingerprint density at radius 2 is 1.93 bits per heavy atom. The van der Waals surface area contributed by atoms with Gasteiger partial charge in [-0.3, -0.25) is 4.79 Å². The van der Waals surface area contributed by atoms with Crippen LogP contribution in [0.5, 0.6) is 0 Å². The second-order valence-corrected chi connectivity index (χ2v) is 3.39. The fourth-order valence-electron chi connectivity index (χ4n) is 0.941. The van der Waals surface area contributed by atoms with Crippen molar-refractivity contribution in [2.24, 2.45) is 0 Å². The smallest absolute Gasteiger partial charge is 0.302 e. The molecule has 0 saturated carbocycles. The zero-order valence-corrected chi connectivity index (χ0v) is 9.41. The maximum absolute atomic E-state index is 10.7. The molecule has 0 aromatic carbocycles. The third-order valence-electron chi connectivity index (χ3n) is 1.74. The van der Waals surface area contributed by atoms with E-state index >= 15 is 0 Å². The molecular formula is C12H18O3. The van der Waals surface area contributed by atoms with Crippen LogP contribution in [-0.4, -0.2) is 18.4 Å². The number of esters is 1. The van der Waals surface area contributed by atoms with E-state index in [0.29, 0.717) is 25.9 Å². The molecule has 0 radical (unpaired) electrons. The van der Waals surface area contributed by atoms with E-state index in [4.69, 9.17) is 4.74 Å². The minimum atomic E-state index is -0.265. The van der Waals surface area contributed by atoms with Crippen molar-refractivity contribution in [3.05, 3.63) is 24.3 Å². The predicted octanol–water partition coefficient (Wildman–Crippen LogP) is 2.42. The monoisotopic (exact) mass is 210 g/mol. The van der Waals surface area contributed by atoms with Crippen molar-refractivity contribution in [3.63, 3.8) is 0 Å². The molecule has 3 heteroatoms. The van der Waals surface area contributed by atoms with E-state index in [2.05, 4.69) is 6.58 Å². The van der Waals surface area contributed by atoms with Gasteiger partial charge in [0.2, 0.25) is 0 Å². The Bertz CT molecular complexity index is 264. The Hall–Kier alpha value is -1.38. The van der Waals surface area contributed by atoms with Crippen molar-refractivity contribution in [1.29, 1.82) is 0 Å². The third kappa shape index (κ3) is 10.5. The summed E-state index contributed by atoms with van der Waals surface area (Å²) in [6.45, 7) is 7.16. The number of hydrogen-bond donors (Lipinski definition) is 0. The molecule has 0 heterocycles. The molecule has 0 bridgehead atoms. The molecule has 0 amide bonds. The summed E-state index contributed by atoms with van der Waals surface area (Å²) in [5.41, 5.74) is 0.924. The molecule has 0 aliphatic heterocycles. The van der Waals surface area contributed by atoms with E-state index in [-0.39, 0.29) is 11.8 Å². The zero-order valence-electron chi connectivity index (χ0n) is 9.41. The summed E-state index contributed by atoms with van der Waals surface area (Å²) >= 11 is 0. The Labute approximate surface area is 90.8 Å². The summed E-state index contributed by atoms with van der Waals surface area (Å²) < 4.78 is 4.75. The maximum Gasteiger partial charge on any atom is 0.302 e. The topological polar surface area (TPSA) is 43.4 Å². The normalized spacial score (nSPS) is 10.3. The van der Waals surface area contributed by atoms with Gasteiger partial charge in [-0.15, -0.1) is 0 Å². The molecule has 0 fully saturated rings. The summed E-state index contributed by atoms with van der Waals surface area (Å²) in [4.78, 5) is 21.1. The first kappa shape index (κ1) is 13.6. The van der Waals surface area contributed by atoms with Crippen molar-refractivity contribution in [1.82, 2.24) is 0 Å². The summed E-state index contributed by atoms with van der Waals surface area (Å²) in [6, 6.07) is 0. The molecular weight excluding hydrogens is 192 g/mol. The van der Waals surface area contributed by atoms with Gasteiger partial charge in [-0.2, -0.15) is 0 Å². The first-order valence-corrected chi connectivity index (χ1v) is 4.99. The fourth-order valence-corrected chi connectivity index (χ4v) is 0.941. The van der Waals surface area contributed by atoms with Crippen LogP contribution in [0.2, 0.25) is 0 Å². The Morgan fingerprint density at radius 3 is 2.47 bits per heavy atom. The number of hydrogen-bond acceptors (Lipinski definition) is 3. The predicted molar refractivity (Wildman–Crippen MR) is 59.4 cm³/mol. The maximum atomic E-state index is 10.7. The van der Waals surface area contributed by atoms with E-state index in [9.17, 15) is 9.59 Å². The van der Waals surface area contributed by atoms with Crippen molar-refractivity contribution in [2.45, 2.75) is 33.1 Å². The van der Waals surface area contributed by atoms with E-state index in [1.807, 2.05) is 12.2 Å². The molecule has 0 rings (SSSR count). The summed E-state index contributed by atoms with van der Waals surface area (Å²) in [6.07, 6.45) is 5.67. The molecule has 0 aromatic heterocycles. The van der Waals surface area contributed by atoms with Crippen LogP contribution in [0, 0.1) is 0 Å². The van der Waals surface area contributed by atoms with Crippen molar-refractivity contribution >= 4 is 11.8 Å². The van der Waals surface area contributed by atoms with Gasteiger partial charge in [-0.25, -0.2) is 0 Å². The second kappa shape index (κ2) is 7.97. The van der Waals surface area contributed by atoms with Gasteiger partial charge in [0.1, 0.15) is 5.78 Å². The highest BCUT2D eigenvalue weighted by molar-refractivity contribution is 5.75. The molecule has 0 unspecified atom stereocenters. The van der Waals surface area contributed by atoms with Crippen LogP contribution in [0.3, 0.4) is 0 Å². The van der Waals surface area contributed by atoms with Gasteiger partial charge in [0, 0.05) is 13.3 Å². The summed E-state index contributed by atoms with van der Waals surface area (Å²) in [5, 5.41) is 0. The molecule has 15 heavy (non-hydrogen) atoms. The Morgan fingerprint density at radius 1 is 1.27 bits per heavy atom. The molecule has 0 aliphatic carbocycles. The lowest BCUT2D eigenvalue weighted by Crippen LogP contribution is -1.98. The highest BCUT2D eigenvalue weighted by atomic mass is 16.5. The van der Waals surface area contributed by atoms with Gasteiger partial charge in [-0.1, -0.05) is 24.3 Å². The molecule has 0 saturated heterocycles. The number of ether oxygens (including phenoxy) is 1. The number of Topliss-reactive ketones (excluding diaryl/α,β-unsaturated/α-hetero) is 1. The van der Waals surface area contributed by atoms with Gasteiger partial charge in [0.25, 0.3) is 0 Å². The highest BCUT2D eigenvalue weighted by Gasteiger charge is 1.94. The second-order valence-electron chi connectivity index (χ2n) is 3.39. The van der Waals surface area contributed by atoms with Crippen LogP contribution in [0.15, 0.2) is 24.3 Å². The van der Waals surface area contributed by atoms with Crippen LogP contribution in [0.4, 0.5) is 0 Å². The first-order valence-electron chi connectivity index (χ1n) is 4.99. The van der Waals surface area contributed by atoms with Gasteiger partial charge in [-0.05, 0) is 19.8 Å². The minimum Gasteiger partial charge on any atom is -0.466 e. The van der Waals surface area contributed by atoms with E-state index in [1.165, 1.54) is 6.92 Å². The number of carbonyl (C=O) groups is 2. The Balaban J connectivity index is 3.54. The lowest BCUT2D eigenvalue weighted by molar-refractivity contribution is -0.140. The third-order valence-corrected chi connectivity index (χ3v) is 1.74. The standard InChI is InChI=1S/C12H18O3/c1-10(7-8-11(2)13)6-4-5-9-15-12(3)14/h4,6H,1,5,7-9H2,2-3H3/b6-4+.